The minimum atomic E-state index is 0.519. The molecular weight excluding hydrogens is 224 g/mol. The lowest BCUT2D eigenvalue weighted by molar-refractivity contribution is 0.182. The number of rotatable bonds is 3. The minimum Gasteiger partial charge on any atom is -0.378 e. The van der Waals surface area contributed by atoms with Crippen LogP contribution in [0.5, 0.6) is 0 Å². The van der Waals surface area contributed by atoms with Crippen LogP contribution >= 0.6 is 0 Å². The summed E-state index contributed by atoms with van der Waals surface area (Å²) in [6.07, 6.45) is 1.79. The highest BCUT2D eigenvalue weighted by molar-refractivity contribution is 5.86. The third kappa shape index (κ3) is 1.89. The van der Waals surface area contributed by atoms with E-state index in [4.69, 9.17) is 4.74 Å². The van der Waals surface area contributed by atoms with Crippen molar-refractivity contribution in [2.24, 2.45) is 0 Å². The highest BCUT2D eigenvalue weighted by Gasteiger charge is 2.08. The minimum absolute atomic E-state index is 0.519. The van der Waals surface area contributed by atoms with Gasteiger partial charge in [-0.2, -0.15) is 0 Å². The van der Waals surface area contributed by atoms with Crippen LogP contribution in [0.25, 0.3) is 22.2 Å². The monoisotopic (exact) mass is 238 g/mol. The quantitative estimate of drug-likeness (QED) is 0.759. The first-order valence-electron chi connectivity index (χ1n) is 5.89. The zero-order valence-corrected chi connectivity index (χ0v) is 10.2. The van der Waals surface area contributed by atoms with E-state index in [1.807, 2.05) is 18.2 Å². The lowest BCUT2D eigenvalue weighted by atomic mass is 10.1. The van der Waals surface area contributed by atoms with E-state index in [2.05, 4.69) is 34.2 Å². The summed E-state index contributed by atoms with van der Waals surface area (Å²) in [5.74, 6) is 0. The van der Waals surface area contributed by atoms with E-state index in [9.17, 15) is 0 Å². The summed E-state index contributed by atoms with van der Waals surface area (Å²) in [5.41, 5.74) is 4.26. The molecule has 1 aromatic carbocycles. The van der Waals surface area contributed by atoms with Crippen molar-refractivity contribution in [1.82, 2.24) is 9.97 Å². The van der Waals surface area contributed by atoms with Crippen molar-refractivity contribution in [3.05, 3.63) is 54.4 Å². The van der Waals surface area contributed by atoms with Crippen molar-refractivity contribution in [2.45, 2.75) is 6.61 Å². The standard InChI is InChI=1S/C15H14N2O/c1-18-10-15-12(6-4-8-16-15)14-9-11-5-2-3-7-13(11)17-14/h2-9,17H,10H2,1H3. The molecule has 0 aliphatic heterocycles. The summed E-state index contributed by atoms with van der Waals surface area (Å²) in [6.45, 7) is 0.519. The highest BCUT2D eigenvalue weighted by atomic mass is 16.5. The highest BCUT2D eigenvalue weighted by Crippen LogP contribution is 2.26. The van der Waals surface area contributed by atoms with Crippen LogP contribution in [0.15, 0.2) is 48.7 Å². The average Bonchev–Trinajstić information content (AvgIpc) is 2.83. The number of hydrogen-bond acceptors (Lipinski definition) is 2. The fourth-order valence-electron chi connectivity index (χ4n) is 2.15. The zero-order valence-electron chi connectivity index (χ0n) is 10.2. The smallest absolute Gasteiger partial charge is 0.0890 e. The van der Waals surface area contributed by atoms with Crippen LogP contribution in [0.4, 0.5) is 0 Å². The first-order chi connectivity index (χ1) is 8.88. The van der Waals surface area contributed by atoms with Gasteiger partial charge in [-0.15, -0.1) is 0 Å². The van der Waals surface area contributed by atoms with Crippen LogP contribution in [-0.2, 0) is 11.3 Å². The maximum Gasteiger partial charge on any atom is 0.0890 e. The molecule has 2 heterocycles. The second kappa shape index (κ2) is 4.63. The van der Waals surface area contributed by atoms with Gasteiger partial charge in [-0.05, 0) is 24.3 Å². The van der Waals surface area contributed by atoms with Gasteiger partial charge >= 0.3 is 0 Å². The number of benzene rings is 1. The maximum absolute atomic E-state index is 5.19. The number of fused-ring (bicyclic) bond motifs is 1. The van der Waals surface area contributed by atoms with E-state index in [1.165, 1.54) is 5.39 Å². The van der Waals surface area contributed by atoms with Crippen LogP contribution in [0.2, 0.25) is 0 Å². The SMILES string of the molecule is COCc1ncccc1-c1cc2ccccc2[nH]1. The number of hydrogen-bond donors (Lipinski definition) is 1. The molecule has 0 saturated heterocycles. The molecule has 0 atom stereocenters. The van der Waals surface area contributed by atoms with Crippen molar-refractivity contribution in [3.8, 4) is 11.3 Å². The van der Waals surface area contributed by atoms with Gasteiger partial charge in [0, 0.05) is 35.5 Å². The van der Waals surface area contributed by atoms with E-state index in [1.54, 1.807) is 13.3 Å². The zero-order chi connectivity index (χ0) is 12.4. The summed E-state index contributed by atoms with van der Waals surface area (Å²) in [7, 11) is 1.68. The van der Waals surface area contributed by atoms with Crippen molar-refractivity contribution >= 4 is 10.9 Å². The number of aromatic nitrogens is 2. The average molecular weight is 238 g/mol. The predicted octanol–water partition coefficient (Wildman–Crippen LogP) is 3.38. The van der Waals surface area contributed by atoms with Gasteiger partial charge in [0.1, 0.15) is 0 Å². The van der Waals surface area contributed by atoms with Gasteiger partial charge in [0.05, 0.1) is 12.3 Å². The molecule has 3 nitrogen and oxygen atoms in total. The molecule has 0 aliphatic rings. The van der Waals surface area contributed by atoms with Gasteiger partial charge in [0.25, 0.3) is 0 Å². The van der Waals surface area contributed by atoms with Gasteiger partial charge in [-0.25, -0.2) is 0 Å². The largest absolute Gasteiger partial charge is 0.378 e. The third-order valence-corrected chi connectivity index (χ3v) is 2.99. The number of pyridine rings is 1. The molecule has 3 rings (SSSR count). The van der Waals surface area contributed by atoms with Crippen LogP contribution in [0.1, 0.15) is 5.69 Å². The topological polar surface area (TPSA) is 37.9 Å². The molecule has 0 unspecified atom stereocenters. The molecule has 18 heavy (non-hydrogen) atoms. The summed E-state index contributed by atoms with van der Waals surface area (Å²) >= 11 is 0. The van der Waals surface area contributed by atoms with E-state index >= 15 is 0 Å². The number of para-hydroxylation sites is 1. The van der Waals surface area contributed by atoms with Crippen molar-refractivity contribution in [1.29, 1.82) is 0 Å². The molecule has 2 aromatic heterocycles. The molecule has 0 bridgehead atoms. The molecule has 0 fully saturated rings. The maximum atomic E-state index is 5.19. The predicted molar refractivity (Wildman–Crippen MR) is 72.2 cm³/mol. The van der Waals surface area contributed by atoms with Crippen molar-refractivity contribution < 1.29 is 4.74 Å². The van der Waals surface area contributed by atoms with E-state index in [-0.39, 0.29) is 0 Å². The van der Waals surface area contributed by atoms with E-state index in [0.717, 1.165) is 22.5 Å². The van der Waals surface area contributed by atoms with Gasteiger partial charge < -0.3 is 9.72 Å². The molecule has 0 aliphatic carbocycles. The summed E-state index contributed by atoms with van der Waals surface area (Å²) in [5, 5.41) is 1.21. The second-order valence-corrected chi connectivity index (χ2v) is 4.20. The van der Waals surface area contributed by atoms with Crippen LogP contribution < -0.4 is 0 Å². The first-order valence-corrected chi connectivity index (χ1v) is 5.89. The van der Waals surface area contributed by atoms with Crippen LogP contribution in [-0.4, -0.2) is 17.1 Å². The Morgan fingerprint density at radius 2 is 2.06 bits per heavy atom. The normalized spacial score (nSPS) is 10.9. The lowest BCUT2D eigenvalue weighted by Crippen LogP contribution is -1.95. The molecule has 0 saturated carbocycles. The second-order valence-electron chi connectivity index (χ2n) is 4.20. The number of aromatic amines is 1. The number of H-pyrrole nitrogens is 1. The summed E-state index contributed by atoms with van der Waals surface area (Å²) < 4.78 is 5.19. The van der Waals surface area contributed by atoms with Gasteiger partial charge in [-0.3, -0.25) is 4.98 Å². The fraction of sp³-hybridized carbons (Fsp3) is 0.133. The van der Waals surface area contributed by atoms with Gasteiger partial charge in [0.15, 0.2) is 0 Å². The summed E-state index contributed by atoms with van der Waals surface area (Å²) in [4.78, 5) is 7.79. The lowest BCUT2D eigenvalue weighted by Gasteiger charge is -2.05. The summed E-state index contributed by atoms with van der Waals surface area (Å²) in [6, 6.07) is 14.4. The van der Waals surface area contributed by atoms with Crippen LogP contribution in [0.3, 0.4) is 0 Å². The van der Waals surface area contributed by atoms with E-state index in [0.29, 0.717) is 6.61 Å². The van der Waals surface area contributed by atoms with Crippen molar-refractivity contribution in [2.75, 3.05) is 7.11 Å². The molecule has 0 spiro atoms. The third-order valence-electron chi connectivity index (χ3n) is 2.99. The molecule has 0 radical (unpaired) electrons. The number of nitrogens with zero attached hydrogens (tertiary/aromatic N) is 1. The van der Waals surface area contributed by atoms with Crippen molar-refractivity contribution in [3.63, 3.8) is 0 Å². The van der Waals surface area contributed by atoms with E-state index < -0.39 is 0 Å². The molecule has 3 heteroatoms. The molecule has 1 N–H and O–H groups in total. The Hall–Kier alpha value is -2.13. The fourth-order valence-corrected chi connectivity index (χ4v) is 2.15. The number of ether oxygens (including phenoxy) is 1. The van der Waals surface area contributed by atoms with Gasteiger partial charge in [0.2, 0.25) is 0 Å². The molecule has 0 amide bonds. The number of methoxy groups -OCH3 is 1. The van der Waals surface area contributed by atoms with Crippen LogP contribution in [0, 0.1) is 0 Å². The number of nitrogens with one attached hydrogen (secondary N) is 1. The Labute approximate surface area is 105 Å². The Morgan fingerprint density at radius 1 is 1.17 bits per heavy atom. The Balaban J connectivity index is 2.13. The Kier molecular flexibility index (Phi) is 2.82. The molecule has 3 aromatic rings. The first kappa shape index (κ1) is 11.0. The Morgan fingerprint density at radius 3 is 2.89 bits per heavy atom. The molecular formula is C15H14N2O. The molecule has 90 valence electrons. The Bertz CT molecular complexity index is 640. The van der Waals surface area contributed by atoms with Gasteiger partial charge in [-0.1, -0.05) is 18.2 Å².